The molecule has 0 radical (unpaired) electrons. The van der Waals surface area contributed by atoms with E-state index in [4.69, 9.17) is 9.47 Å². The molecule has 140 valence electrons. The van der Waals surface area contributed by atoms with E-state index >= 15 is 0 Å². The molecule has 26 heavy (non-hydrogen) atoms. The number of ether oxygens (including phenoxy) is 2. The number of pyridine rings is 1. The first kappa shape index (κ1) is 18.3. The molecule has 1 aromatic heterocycles. The first-order valence-corrected chi connectivity index (χ1v) is 9.12. The van der Waals surface area contributed by atoms with Crippen LogP contribution in [0.15, 0.2) is 30.5 Å². The summed E-state index contributed by atoms with van der Waals surface area (Å²) in [5.74, 6) is 0.787. The lowest BCUT2D eigenvalue weighted by Crippen LogP contribution is -2.36. The number of carbonyl (C=O) groups excluding carboxylic acids is 1. The summed E-state index contributed by atoms with van der Waals surface area (Å²) < 4.78 is 11.1. The number of carbonyl (C=O) groups is 1. The Balaban J connectivity index is 1.72. The Hall–Kier alpha value is -2.50. The number of fused-ring (bicyclic) bond motifs is 1. The van der Waals surface area contributed by atoms with E-state index in [1.54, 1.807) is 11.1 Å². The molecule has 0 spiro atoms. The SMILES string of the molecule is CCOc1ccc(N[C@H]2CCN(C(=O)OC(C)(C)C)C2)c2cccnc12. The van der Waals surface area contributed by atoms with Gasteiger partial charge in [0.05, 0.1) is 6.61 Å². The second-order valence-corrected chi connectivity index (χ2v) is 7.50. The summed E-state index contributed by atoms with van der Waals surface area (Å²) in [7, 11) is 0. The van der Waals surface area contributed by atoms with Crippen molar-refractivity contribution in [3.05, 3.63) is 30.5 Å². The lowest BCUT2D eigenvalue weighted by atomic mass is 10.1. The van der Waals surface area contributed by atoms with Crippen LogP contribution in [0.2, 0.25) is 0 Å². The molecule has 6 heteroatoms. The lowest BCUT2D eigenvalue weighted by Gasteiger charge is -2.24. The monoisotopic (exact) mass is 357 g/mol. The van der Waals surface area contributed by atoms with Crippen LogP contribution in [0, 0.1) is 0 Å². The van der Waals surface area contributed by atoms with E-state index in [1.807, 2.05) is 52.0 Å². The molecule has 0 aliphatic carbocycles. The third-order valence-corrected chi connectivity index (χ3v) is 4.23. The van der Waals surface area contributed by atoms with Crippen molar-refractivity contribution in [3.8, 4) is 5.75 Å². The Morgan fingerprint density at radius 2 is 2.15 bits per heavy atom. The van der Waals surface area contributed by atoms with Gasteiger partial charge < -0.3 is 19.7 Å². The minimum atomic E-state index is -0.473. The standard InChI is InChI=1S/C20H27N3O3/c1-5-25-17-9-8-16(15-7-6-11-21-18(15)17)22-14-10-12-23(13-14)19(24)26-20(2,3)4/h6-9,11,14,22H,5,10,12-13H2,1-4H3/t14-/m0/s1. The van der Waals surface area contributed by atoms with Crippen LogP contribution in [0.1, 0.15) is 34.1 Å². The smallest absolute Gasteiger partial charge is 0.410 e. The van der Waals surface area contributed by atoms with E-state index in [2.05, 4.69) is 10.3 Å². The number of hydrogen-bond donors (Lipinski definition) is 1. The molecule has 3 rings (SSSR count). The first-order valence-electron chi connectivity index (χ1n) is 9.12. The molecule has 0 unspecified atom stereocenters. The number of nitrogens with one attached hydrogen (secondary N) is 1. The molecule has 6 nitrogen and oxygen atoms in total. The summed E-state index contributed by atoms with van der Waals surface area (Å²) >= 11 is 0. The highest BCUT2D eigenvalue weighted by Crippen LogP contribution is 2.31. The molecule has 1 aromatic carbocycles. The second-order valence-electron chi connectivity index (χ2n) is 7.50. The van der Waals surface area contributed by atoms with Gasteiger partial charge >= 0.3 is 6.09 Å². The number of anilines is 1. The maximum absolute atomic E-state index is 12.2. The van der Waals surface area contributed by atoms with Crippen molar-refractivity contribution >= 4 is 22.7 Å². The van der Waals surface area contributed by atoms with Gasteiger partial charge in [-0.25, -0.2) is 4.79 Å². The molecule has 2 aromatic rings. The van der Waals surface area contributed by atoms with Gasteiger partial charge in [0.25, 0.3) is 0 Å². The van der Waals surface area contributed by atoms with Crippen LogP contribution >= 0.6 is 0 Å². The Labute approximate surface area is 154 Å². The summed E-state index contributed by atoms with van der Waals surface area (Å²) in [4.78, 5) is 18.5. The summed E-state index contributed by atoms with van der Waals surface area (Å²) in [5, 5.41) is 4.58. The quantitative estimate of drug-likeness (QED) is 0.894. The minimum Gasteiger partial charge on any atom is -0.492 e. The zero-order valence-corrected chi connectivity index (χ0v) is 15.9. The fraction of sp³-hybridized carbons (Fsp3) is 0.500. The highest BCUT2D eigenvalue weighted by Gasteiger charge is 2.30. The molecule has 1 aliphatic rings. The fourth-order valence-corrected chi connectivity index (χ4v) is 3.13. The topological polar surface area (TPSA) is 63.7 Å². The molecule has 2 heterocycles. The molecule has 1 saturated heterocycles. The van der Waals surface area contributed by atoms with Crippen molar-refractivity contribution in [2.45, 2.75) is 45.8 Å². The van der Waals surface area contributed by atoms with Crippen LogP contribution in [0.5, 0.6) is 5.75 Å². The van der Waals surface area contributed by atoms with Crippen LogP contribution in [0.25, 0.3) is 10.9 Å². The van der Waals surface area contributed by atoms with Crippen molar-refractivity contribution < 1.29 is 14.3 Å². The van der Waals surface area contributed by atoms with Crippen LogP contribution in [0.4, 0.5) is 10.5 Å². The van der Waals surface area contributed by atoms with Gasteiger partial charge in [-0.2, -0.15) is 0 Å². The number of aromatic nitrogens is 1. The predicted molar refractivity (Wildman–Crippen MR) is 103 cm³/mol. The number of benzene rings is 1. The van der Waals surface area contributed by atoms with Crippen molar-refractivity contribution in [1.82, 2.24) is 9.88 Å². The van der Waals surface area contributed by atoms with Gasteiger partial charge in [0.2, 0.25) is 0 Å². The third-order valence-electron chi connectivity index (χ3n) is 4.23. The van der Waals surface area contributed by atoms with Crippen LogP contribution in [-0.2, 0) is 4.74 Å². The predicted octanol–water partition coefficient (Wildman–Crippen LogP) is 4.05. The number of rotatable bonds is 4. The molecule has 1 N–H and O–H groups in total. The van der Waals surface area contributed by atoms with E-state index in [9.17, 15) is 4.79 Å². The van der Waals surface area contributed by atoms with E-state index in [-0.39, 0.29) is 12.1 Å². The molecular weight excluding hydrogens is 330 g/mol. The van der Waals surface area contributed by atoms with Crippen LogP contribution in [-0.4, -0.2) is 47.3 Å². The van der Waals surface area contributed by atoms with Crippen molar-refractivity contribution in [2.75, 3.05) is 25.0 Å². The number of hydrogen-bond acceptors (Lipinski definition) is 5. The fourth-order valence-electron chi connectivity index (χ4n) is 3.13. The zero-order chi connectivity index (χ0) is 18.7. The highest BCUT2D eigenvalue weighted by atomic mass is 16.6. The minimum absolute atomic E-state index is 0.184. The van der Waals surface area contributed by atoms with Crippen molar-refractivity contribution in [1.29, 1.82) is 0 Å². The summed E-state index contributed by atoms with van der Waals surface area (Å²) in [6.45, 7) is 9.54. The number of amides is 1. The Bertz CT molecular complexity index is 785. The molecular formula is C20H27N3O3. The average molecular weight is 357 g/mol. The molecule has 0 bridgehead atoms. The molecule has 1 fully saturated rings. The largest absolute Gasteiger partial charge is 0.492 e. The normalized spacial score (nSPS) is 17.4. The molecule has 1 atom stereocenters. The van der Waals surface area contributed by atoms with Gasteiger partial charge in [0.1, 0.15) is 16.9 Å². The van der Waals surface area contributed by atoms with Gasteiger partial charge in [0.15, 0.2) is 0 Å². The van der Waals surface area contributed by atoms with Crippen LogP contribution < -0.4 is 10.1 Å². The molecule has 1 amide bonds. The van der Waals surface area contributed by atoms with E-state index in [1.165, 1.54) is 0 Å². The second kappa shape index (κ2) is 7.40. The van der Waals surface area contributed by atoms with E-state index < -0.39 is 5.60 Å². The molecule has 1 aliphatic heterocycles. The summed E-state index contributed by atoms with van der Waals surface area (Å²) in [5.41, 5.74) is 1.38. The van der Waals surface area contributed by atoms with Gasteiger partial charge in [0, 0.05) is 36.4 Å². The number of nitrogens with zero attached hydrogens (tertiary/aromatic N) is 2. The van der Waals surface area contributed by atoms with E-state index in [0.29, 0.717) is 19.7 Å². The maximum atomic E-state index is 12.2. The van der Waals surface area contributed by atoms with Gasteiger partial charge in [-0.1, -0.05) is 0 Å². The van der Waals surface area contributed by atoms with Gasteiger partial charge in [-0.3, -0.25) is 4.98 Å². The van der Waals surface area contributed by atoms with Crippen molar-refractivity contribution in [2.24, 2.45) is 0 Å². The maximum Gasteiger partial charge on any atom is 0.410 e. The highest BCUT2D eigenvalue weighted by molar-refractivity contribution is 5.95. The Morgan fingerprint density at radius 1 is 1.35 bits per heavy atom. The third kappa shape index (κ3) is 4.18. The average Bonchev–Trinajstić information content (AvgIpc) is 3.04. The lowest BCUT2D eigenvalue weighted by molar-refractivity contribution is 0.0293. The Kier molecular flexibility index (Phi) is 5.20. The van der Waals surface area contributed by atoms with Gasteiger partial charge in [-0.15, -0.1) is 0 Å². The van der Waals surface area contributed by atoms with E-state index in [0.717, 1.165) is 28.8 Å². The zero-order valence-electron chi connectivity index (χ0n) is 15.9. The first-order chi connectivity index (χ1) is 12.4. The Morgan fingerprint density at radius 3 is 2.88 bits per heavy atom. The molecule has 0 saturated carbocycles. The number of likely N-dealkylation sites (tertiary alicyclic amines) is 1. The summed E-state index contributed by atoms with van der Waals surface area (Å²) in [6.07, 6.45) is 2.41. The van der Waals surface area contributed by atoms with Gasteiger partial charge in [-0.05, 0) is 58.4 Å². The summed E-state index contributed by atoms with van der Waals surface area (Å²) in [6, 6.07) is 8.11. The van der Waals surface area contributed by atoms with Crippen molar-refractivity contribution in [3.63, 3.8) is 0 Å². The van der Waals surface area contributed by atoms with Crippen LogP contribution in [0.3, 0.4) is 0 Å².